The van der Waals surface area contributed by atoms with Crippen molar-refractivity contribution in [2.45, 2.75) is 0 Å². The molecule has 2 N–H and O–H groups in total. The molecule has 0 bridgehead atoms. The van der Waals surface area contributed by atoms with Gasteiger partial charge in [0, 0.05) is 5.56 Å². The number of rotatable bonds is 2. The van der Waals surface area contributed by atoms with Crippen LogP contribution in [0.5, 0.6) is 5.75 Å². The first kappa shape index (κ1) is 13.4. The van der Waals surface area contributed by atoms with Crippen molar-refractivity contribution in [2.24, 2.45) is 4.99 Å². The fraction of sp³-hybridized carbons (Fsp3) is 0. The number of allylic oxidation sites excluding steroid dienone is 1. The largest absolute Gasteiger partial charge is 0.507 e. The third-order valence-electron chi connectivity index (χ3n) is 3.66. The van der Waals surface area contributed by atoms with E-state index in [0.717, 1.165) is 17.1 Å². The number of hydrogen-bond acceptors (Lipinski definition) is 4. The zero-order valence-corrected chi connectivity index (χ0v) is 12.2. The van der Waals surface area contributed by atoms with Crippen molar-refractivity contribution in [1.82, 2.24) is 0 Å². The highest BCUT2D eigenvalue weighted by Gasteiger charge is 2.16. The van der Waals surface area contributed by atoms with E-state index in [1.807, 2.05) is 54.6 Å². The molecule has 0 fully saturated rings. The summed E-state index contributed by atoms with van der Waals surface area (Å²) in [5.74, 6) is 0.908. The summed E-state index contributed by atoms with van der Waals surface area (Å²) in [6.45, 7) is 0. The fourth-order valence-corrected chi connectivity index (χ4v) is 2.55. The minimum absolute atomic E-state index is 0.195. The number of fused-ring (bicyclic) bond motifs is 1. The molecule has 0 unspecified atom stereocenters. The van der Waals surface area contributed by atoms with Gasteiger partial charge in [0.2, 0.25) is 0 Å². The molecule has 1 aliphatic rings. The summed E-state index contributed by atoms with van der Waals surface area (Å²) in [6, 6.07) is 18.7. The first-order valence-corrected chi connectivity index (χ1v) is 7.30. The van der Waals surface area contributed by atoms with E-state index in [4.69, 9.17) is 9.41 Å². The molecule has 4 rings (SSSR count). The molecule has 4 heteroatoms. The molecule has 4 nitrogen and oxygen atoms in total. The van der Waals surface area contributed by atoms with Gasteiger partial charge in [0.1, 0.15) is 11.5 Å². The van der Waals surface area contributed by atoms with Gasteiger partial charge in [-0.15, -0.1) is 0 Å². The van der Waals surface area contributed by atoms with Crippen LogP contribution in [0.4, 0.5) is 11.4 Å². The predicted octanol–water partition coefficient (Wildman–Crippen LogP) is 4.57. The number of nitrogens with zero attached hydrogens (tertiary/aromatic N) is 1. The van der Waals surface area contributed by atoms with E-state index in [1.165, 1.54) is 0 Å². The highest BCUT2D eigenvalue weighted by Crippen LogP contribution is 2.33. The summed E-state index contributed by atoms with van der Waals surface area (Å²) in [4.78, 5) is 4.71. The van der Waals surface area contributed by atoms with Crippen LogP contribution in [0.25, 0.3) is 5.70 Å². The van der Waals surface area contributed by atoms with Crippen molar-refractivity contribution >= 4 is 22.8 Å². The standard InChI is InChI=1S/C19H14N2O2/c22-18-9-4-1-6-13(18)16-12-17(19-10-5-11-23-19)21-15-8-3-2-7-14(15)20-16/h1-12,21-22H. The Kier molecular flexibility index (Phi) is 3.20. The molecule has 0 saturated heterocycles. The van der Waals surface area contributed by atoms with Crippen LogP contribution in [0.1, 0.15) is 11.3 Å². The van der Waals surface area contributed by atoms with Crippen LogP contribution in [-0.2, 0) is 0 Å². The highest BCUT2D eigenvalue weighted by molar-refractivity contribution is 6.16. The van der Waals surface area contributed by atoms with Gasteiger partial charge in [-0.3, -0.25) is 0 Å². The maximum Gasteiger partial charge on any atom is 0.150 e. The van der Waals surface area contributed by atoms with Crippen LogP contribution in [0.3, 0.4) is 0 Å². The second kappa shape index (κ2) is 5.50. The monoisotopic (exact) mass is 302 g/mol. The van der Waals surface area contributed by atoms with Crippen LogP contribution in [0, 0.1) is 0 Å². The lowest BCUT2D eigenvalue weighted by Crippen LogP contribution is -2.01. The van der Waals surface area contributed by atoms with Gasteiger partial charge >= 0.3 is 0 Å². The third kappa shape index (κ3) is 2.51. The van der Waals surface area contributed by atoms with E-state index in [9.17, 15) is 5.11 Å². The topological polar surface area (TPSA) is 57.8 Å². The van der Waals surface area contributed by atoms with Crippen molar-refractivity contribution in [1.29, 1.82) is 0 Å². The molecule has 0 saturated carbocycles. The van der Waals surface area contributed by atoms with Gasteiger partial charge in [0.15, 0.2) is 0 Å². The fourth-order valence-electron chi connectivity index (χ4n) is 2.55. The van der Waals surface area contributed by atoms with Crippen molar-refractivity contribution in [2.75, 3.05) is 5.32 Å². The number of furan rings is 1. The molecule has 1 aliphatic heterocycles. The molecule has 23 heavy (non-hydrogen) atoms. The van der Waals surface area contributed by atoms with Crippen LogP contribution in [-0.4, -0.2) is 10.8 Å². The molecule has 1 aromatic heterocycles. The Morgan fingerprint density at radius 2 is 1.74 bits per heavy atom. The van der Waals surface area contributed by atoms with E-state index in [2.05, 4.69) is 5.32 Å². The Morgan fingerprint density at radius 3 is 2.57 bits per heavy atom. The summed E-state index contributed by atoms with van der Waals surface area (Å²) in [5.41, 5.74) is 3.84. The maximum atomic E-state index is 10.2. The van der Waals surface area contributed by atoms with Crippen molar-refractivity contribution in [3.63, 3.8) is 0 Å². The minimum Gasteiger partial charge on any atom is -0.507 e. The lowest BCUT2D eigenvalue weighted by Gasteiger charge is -2.08. The SMILES string of the molecule is Oc1ccccc1C1=Nc2ccccc2NC(c2ccco2)=C1. The average molecular weight is 302 g/mol. The number of anilines is 1. The molecule has 2 heterocycles. The van der Waals surface area contributed by atoms with Crippen LogP contribution in [0.2, 0.25) is 0 Å². The van der Waals surface area contributed by atoms with Crippen molar-refractivity contribution < 1.29 is 9.52 Å². The quantitative estimate of drug-likeness (QED) is 0.729. The van der Waals surface area contributed by atoms with E-state index < -0.39 is 0 Å². The zero-order chi connectivity index (χ0) is 15.6. The molecule has 0 aliphatic carbocycles. The predicted molar refractivity (Wildman–Crippen MR) is 91.1 cm³/mol. The van der Waals surface area contributed by atoms with Gasteiger partial charge in [-0.1, -0.05) is 24.3 Å². The molecular weight excluding hydrogens is 288 g/mol. The van der Waals surface area contributed by atoms with Crippen LogP contribution < -0.4 is 5.32 Å². The Morgan fingerprint density at radius 1 is 0.913 bits per heavy atom. The molecule has 0 amide bonds. The molecule has 0 atom stereocenters. The molecule has 2 aromatic carbocycles. The van der Waals surface area contributed by atoms with Gasteiger partial charge < -0.3 is 14.8 Å². The van der Waals surface area contributed by atoms with Gasteiger partial charge in [-0.25, -0.2) is 4.99 Å². The zero-order valence-electron chi connectivity index (χ0n) is 12.2. The van der Waals surface area contributed by atoms with E-state index in [0.29, 0.717) is 17.0 Å². The Bertz CT molecular complexity index is 909. The van der Waals surface area contributed by atoms with E-state index in [-0.39, 0.29) is 5.75 Å². The lowest BCUT2D eigenvalue weighted by atomic mass is 10.1. The van der Waals surface area contributed by atoms with Crippen LogP contribution >= 0.6 is 0 Å². The number of aliphatic imine (C=N–C) groups is 1. The van der Waals surface area contributed by atoms with Gasteiger partial charge in [-0.05, 0) is 42.5 Å². The maximum absolute atomic E-state index is 10.2. The number of benzene rings is 2. The van der Waals surface area contributed by atoms with E-state index in [1.54, 1.807) is 18.4 Å². The summed E-state index contributed by atoms with van der Waals surface area (Å²) in [6.07, 6.45) is 3.51. The van der Waals surface area contributed by atoms with Crippen LogP contribution in [0.15, 0.2) is 82.4 Å². The molecule has 0 spiro atoms. The minimum atomic E-state index is 0.195. The summed E-state index contributed by atoms with van der Waals surface area (Å²) < 4.78 is 5.51. The van der Waals surface area contributed by atoms with Gasteiger partial charge in [-0.2, -0.15) is 0 Å². The van der Waals surface area contributed by atoms with E-state index >= 15 is 0 Å². The normalized spacial score (nSPS) is 13.4. The molecule has 112 valence electrons. The average Bonchev–Trinajstić information content (AvgIpc) is 3.03. The third-order valence-corrected chi connectivity index (χ3v) is 3.66. The van der Waals surface area contributed by atoms with Crippen molar-refractivity contribution in [3.8, 4) is 5.75 Å². The summed E-state index contributed by atoms with van der Waals surface area (Å²) >= 11 is 0. The second-order valence-electron chi connectivity index (χ2n) is 5.19. The number of hydrogen-bond donors (Lipinski definition) is 2. The van der Waals surface area contributed by atoms with Gasteiger partial charge in [0.25, 0.3) is 0 Å². The van der Waals surface area contributed by atoms with Gasteiger partial charge in [0.05, 0.1) is 29.0 Å². The first-order valence-electron chi connectivity index (χ1n) is 7.30. The van der Waals surface area contributed by atoms with Crippen molar-refractivity contribution in [3.05, 3.63) is 84.3 Å². The molecule has 0 radical (unpaired) electrons. The summed E-state index contributed by atoms with van der Waals surface area (Å²) in [7, 11) is 0. The molecule has 3 aromatic rings. The number of aromatic hydroxyl groups is 1. The Hall–Kier alpha value is -3.27. The molecular formula is C19H14N2O2. The lowest BCUT2D eigenvalue weighted by molar-refractivity contribution is 0.474. The highest BCUT2D eigenvalue weighted by atomic mass is 16.3. The number of phenols is 1. The Labute approximate surface area is 133 Å². The first-order chi connectivity index (χ1) is 11.3. The number of nitrogens with one attached hydrogen (secondary N) is 1. The Balaban J connectivity index is 1.92. The smallest absolute Gasteiger partial charge is 0.150 e. The second-order valence-corrected chi connectivity index (χ2v) is 5.19. The summed E-state index contributed by atoms with van der Waals surface area (Å²) in [5, 5.41) is 13.5. The number of para-hydroxylation sites is 3. The number of phenolic OH excluding ortho intramolecular Hbond substituents is 1.